The van der Waals surface area contributed by atoms with Gasteiger partial charge in [-0.2, -0.15) is 0 Å². The van der Waals surface area contributed by atoms with Gasteiger partial charge in [-0.1, -0.05) is 96.1 Å². The minimum absolute atomic E-state index is 0.966. The first-order chi connectivity index (χ1) is 13.3. The van der Waals surface area contributed by atoms with Crippen LogP contribution in [-0.4, -0.2) is 7.11 Å². The maximum Gasteiger partial charge on any atom is 0.118 e. The van der Waals surface area contributed by atoms with Crippen molar-refractivity contribution in [1.82, 2.24) is 0 Å². The fourth-order valence-electron chi connectivity index (χ4n) is 5.66. The highest BCUT2D eigenvalue weighted by Gasteiger charge is 2.24. The number of methoxy groups -OCH3 is 1. The minimum Gasteiger partial charge on any atom is -0.497 e. The van der Waals surface area contributed by atoms with E-state index in [4.69, 9.17) is 4.74 Å². The van der Waals surface area contributed by atoms with Gasteiger partial charge in [-0.05, 0) is 54.2 Å². The highest BCUT2D eigenvalue weighted by molar-refractivity contribution is 5.27. The molecule has 0 saturated heterocycles. The molecule has 0 amide bonds. The quantitative estimate of drug-likeness (QED) is 0.430. The molecule has 2 saturated carbocycles. The Hall–Kier alpha value is -0.980. The molecule has 2 aliphatic rings. The van der Waals surface area contributed by atoms with Gasteiger partial charge in [0.2, 0.25) is 0 Å². The topological polar surface area (TPSA) is 9.23 Å². The van der Waals surface area contributed by atoms with Gasteiger partial charge < -0.3 is 4.74 Å². The third-order valence-electron chi connectivity index (χ3n) is 7.61. The van der Waals surface area contributed by atoms with E-state index in [1.807, 2.05) is 0 Å². The molecule has 2 aliphatic carbocycles. The van der Waals surface area contributed by atoms with E-state index < -0.39 is 0 Å². The largest absolute Gasteiger partial charge is 0.497 e. The molecule has 0 bridgehead atoms. The van der Waals surface area contributed by atoms with Crippen molar-refractivity contribution >= 4 is 0 Å². The fraction of sp³-hybridized carbons (Fsp3) is 0.769. The van der Waals surface area contributed by atoms with Crippen molar-refractivity contribution in [3.05, 3.63) is 29.8 Å². The molecule has 0 unspecified atom stereocenters. The molecule has 0 atom stereocenters. The second-order valence-corrected chi connectivity index (χ2v) is 9.53. The van der Waals surface area contributed by atoms with Crippen LogP contribution in [0.25, 0.3) is 0 Å². The van der Waals surface area contributed by atoms with E-state index in [2.05, 4.69) is 31.2 Å². The summed E-state index contributed by atoms with van der Waals surface area (Å²) in [6.45, 7) is 2.35. The summed E-state index contributed by atoms with van der Waals surface area (Å²) in [5.41, 5.74) is 1.47. The molecule has 27 heavy (non-hydrogen) atoms. The van der Waals surface area contributed by atoms with Crippen LogP contribution in [0.4, 0.5) is 0 Å². The molecular weight excluding hydrogens is 328 g/mol. The van der Waals surface area contributed by atoms with Crippen molar-refractivity contribution in [3.8, 4) is 5.75 Å². The molecule has 1 aromatic carbocycles. The van der Waals surface area contributed by atoms with Crippen LogP contribution < -0.4 is 4.74 Å². The minimum atomic E-state index is 0.966. The molecule has 0 N–H and O–H groups in total. The monoisotopic (exact) mass is 370 g/mol. The molecule has 3 rings (SSSR count). The first kappa shape index (κ1) is 20.7. The number of rotatable bonds is 9. The highest BCUT2D eigenvalue weighted by Crippen LogP contribution is 2.38. The molecule has 0 spiro atoms. The molecule has 152 valence electrons. The maximum atomic E-state index is 5.26. The van der Waals surface area contributed by atoms with E-state index in [1.165, 1.54) is 95.5 Å². The summed E-state index contributed by atoms with van der Waals surface area (Å²) in [5.74, 6) is 5.10. The predicted octanol–water partition coefficient (Wildman–Crippen LogP) is 7.82. The van der Waals surface area contributed by atoms with Gasteiger partial charge in [0.15, 0.2) is 0 Å². The molecule has 0 aromatic heterocycles. The van der Waals surface area contributed by atoms with Crippen LogP contribution in [-0.2, 0) is 6.42 Å². The van der Waals surface area contributed by atoms with Crippen molar-refractivity contribution < 1.29 is 4.74 Å². The van der Waals surface area contributed by atoms with Crippen LogP contribution in [0, 0.1) is 23.7 Å². The summed E-state index contributed by atoms with van der Waals surface area (Å²) in [6, 6.07) is 8.67. The maximum absolute atomic E-state index is 5.26. The lowest BCUT2D eigenvalue weighted by atomic mass is 9.74. The molecule has 1 heteroatoms. The van der Waals surface area contributed by atoms with Crippen LogP contribution in [0.5, 0.6) is 5.75 Å². The lowest BCUT2D eigenvalue weighted by Gasteiger charge is -2.32. The van der Waals surface area contributed by atoms with E-state index in [0.29, 0.717) is 0 Å². The summed E-state index contributed by atoms with van der Waals surface area (Å²) < 4.78 is 5.26. The van der Waals surface area contributed by atoms with E-state index in [0.717, 1.165) is 29.4 Å². The summed E-state index contributed by atoms with van der Waals surface area (Å²) in [5, 5.41) is 0. The van der Waals surface area contributed by atoms with Crippen LogP contribution in [0.15, 0.2) is 24.3 Å². The van der Waals surface area contributed by atoms with E-state index in [-0.39, 0.29) is 0 Å². The predicted molar refractivity (Wildman–Crippen MR) is 116 cm³/mol. The first-order valence-corrected chi connectivity index (χ1v) is 11.9. The SMILES string of the molecule is CCC[C@H]1CC[C@H](CC[C@H]2CC[C@H](CCc3ccc(OC)cc3)CC2)CC1. The Morgan fingerprint density at radius 1 is 0.667 bits per heavy atom. The number of benzene rings is 1. The second kappa shape index (κ2) is 11.1. The molecule has 1 aromatic rings. The van der Waals surface area contributed by atoms with Crippen LogP contribution in [0.2, 0.25) is 0 Å². The van der Waals surface area contributed by atoms with Gasteiger partial charge in [-0.15, -0.1) is 0 Å². The Morgan fingerprint density at radius 3 is 1.56 bits per heavy atom. The Bertz CT molecular complexity index is 504. The Balaban J connectivity index is 1.27. The second-order valence-electron chi connectivity index (χ2n) is 9.53. The molecule has 0 radical (unpaired) electrons. The van der Waals surface area contributed by atoms with Gasteiger partial charge in [-0.25, -0.2) is 0 Å². The van der Waals surface area contributed by atoms with Crippen LogP contribution >= 0.6 is 0 Å². The van der Waals surface area contributed by atoms with Gasteiger partial charge >= 0.3 is 0 Å². The van der Waals surface area contributed by atoms with Crippen LogP contribution in [0.3, 0.4) is 0 Å². The third-order valence-corrected chi connectivity index (χ3v) is 7.61. The van der Waals surface area contributed by atoms with Crippen molar-refractivity contribution in [2.75, 3.05) is 7.11 Å². The van der Waals surface area contributed by atoms with Gasteiger partial charge in [0.25, 0.3) is 0 Å². The van der Waals surface area contributed by atoms with Gasteiger partial charge in [0.05, 0.1) is 7.11 Å². The number of hydrogen-bond acceptors (Lipinski definition) is 1. The molecule has 0 heterocycles. The number of ether oxygens (including phenoxy) is 1. The molecular formula is C26H42O. The zero-order valence-corrected chi connectivity index (χ0v) is 17.9. The van der Waals surface area contributed by atoms with Crippen molar-refractivity contribution in [2.24, 2.45) is 23.7 Å². The van der Waals surface area contributed by atoms with E-state index in [9.17, 15) is 0 Å². The lowest BCUT2D eigenvalue weighted by molar-refractivity contribution is 0.209. The first-order valence-electron chi connectivity index (χ1n) is 11.9. The summed E-state index contributed by atoms with van der Waals surface area (Å²) in [6.07, 6.45) is 20.6. The molecule has 2 fully saturated rings. The summed E-state index contributed by atoms with van der Waals surface area (Å²) in [7, 11) is 1.74. The van der Waals surface area contributed by atoms with E-state index in [1.54, 1.807) is 7.11 Å². The zero-order valence-electron chi connectivity index (χ0n) is 17.9. The fourth-order valence-corrected chi connectivity index (χ4v) is 5.66. The average Bonchev–Trinajstić information content (AvgIpc) is 2.73. The lowest BCUT2D eigenvalue weighted by Crippen LogP contribution is -2.18. The Labute approximate surface area is 168 Å². The van der Waals surface area contributed by atoms with Gasteiger partial charge in [0, 0.05) is 0 Å². The van der Waals surface area contributed by atoms with Gasteiger partial charge in [-0.3, -0.25) is 0 Å². The number of aryl methyl sites for hydroxylation is 1. The summed E-state index contributed by atoms with van der Waals surface area (Å²) in [4.78, 5) is 0. The van der Waals surface area contributed by atoms with Crippen molar-refractivity contribution in [3.63, 3.8) is 0 Å². The molecule has 0 aliphatic heterocycles. The van der Waals surface area contributed by atoms with Gasteiger partial charge in [0.1, 0.15) is 5.75 Å². The van der Waals surface area contributed by atoms with Crippen molar-refractivity contribution in [1.29, 1.82) is 0 Å². The summed E-state index contributed by atoms with van der Waals surface area (Å²) >= 11 is 0. The Morgan fingerprint density at radius 2 is 1.11 bits per heavy atom. The van der Waals surface area contributed by atoms with Crippen LogP contribution in [0.1, 0.15) is 96.0 Å². The zero-order chi connectivity index (χ0) is 18.9. The normalized spacial score (nSPS) is 28.8. The van der Waals surface area contributed by atoms with Crippen molar-refractivity contribution in [2.45, 2.75) is 96.8 Å². The third kappa shape index (κ3) is 6.84. The average molecular weight is 371 g/mol. The highest BCUT2D eigenvalue weighted by atomic mass is 16.5. The number of hydrogen-bond donors (Lipinski definition) is 0. The van der Waals surface area contributed by atoms with E-state index >= 15 is 0 Å². The smallest absolute Gasteiger partial charge is 0.118 e. The Kier molecular flexibility index (Phi) is 8.55. The standard InChI is InChI=1S/C26H42O/c1-3-4-21-5-7-22(8-6-21)9-10-23-11-13-24(14-12-23)15-16-25-17-19-26(27-2)20-18-25/h17-24H,3-16H2,1-2H3/t21-,22-,23-,24-. The molecule has 1 nitrogen and oxygen atoms in total.